The molecule has 1 aliphatic rings. The molecular formula is C11H15N. The average molecular weight is 161 g/mol. The normalized spacial score (nSPS) is 31.6. The Kier molecular flexibility index (Phi) is 1.52. The number of hydrogen-bond donors (Lipinski definition) is 1. The molecule has 12 heavy (non-hydrogen) atoms. The van der Waals surface area contributed by atoms with Crippen LogP contribution in [-0.2, 0) is 0 Å². The van der Waals surface area contributed by atoms with Crippen LogP contribution in [0.1, 0.15) is 25.3 Å². The summed E-state index contributed by atoms with van der Waals surface area (Å²) in [5.74, 6) is 0.568. The van der Waals surface area contributed by atoms with Gasteiger partial charge in [-0.1, -0.05) is 44.2 Å². The van der Waals surface area contributed by atoms with Crippen molar-refractivity contribution in [1.82, 2.24) is 0 Å². The molecule has 1 fully saturated rings. The molecule has 2 rings (SSSR count). The standard InChI is InChI=1S/C11H15N/c1-11(2)9(10(11)12)8-6-4-3-5-7-8/h3-7,9-10H,12H2,1-2H3/t9-,10-/m0/s1. The molecular weight excluding hydrogens is 146 g/mol. The van der Waals surface area contributed by atoms with Gasteiger partial charge in [0.25, 0.3) is 0 Å². The summed E-state index contributed by atoms with van der Waals surface area (Å²) in [5.41, 5.74) is 7.67. The average Bonchev–Trinajstić information content (AvgIpc) is 2.53. The molecule has 0 aromatic heterocycles. The Hall–Kier alpha value is -0.820. The van der Waals surface area contributed by atoms with Crippen LogP contribution >= 0.6 is 0 Å². The van der Waals surface area contributed by atoms with Gasteiger partial charge in [0.2, 0.25) is 0 Å². The van der Waals surface area contributed by atoms with E-state index in [4.69, 9.17) is 5.73 Å². The summed E-state index contributed by atoms with van der Waals surface area (Å²) in [7, 11) is 0. The maximum atomic E-state index is 5.98. The predicted octanol–water partition coefficient (Wildman–Crippen LogP) is 2.14. The smallest absolute Gasteiger partial charge is 0.0172 e. The van der Waals surface area contributed by atoms with E-state index in [-0.39, 0.29) is 0 Å². The highest BCUT2D eigenvalue weighted by molar-refractivity contribution is 5.33. The van der Waals surface area contributed by atoms with E-state index in [1.165, 1.54) is 5.56 Å². The Bertz CT molecular complexity index is 276. The van der Waals surface area contributed by atoms with Crippen molar-refractivity contribution in [2.45, 2.75) is 25.8 Å². The highest BCUT2D eigenvalue weighted by Crippen LogP contribution is 2.57. The van der Waals surface area contributed by atoms with E-state index in [2.05, 4.69) is 38.1 Å². The van der Waals surface area contributed by atoms with Crippen molar-refractivity contribution in [1.29, 1.82) is 0 Å². The summed E-state index contributed by atoms with van der Waals surface area (Å²) in [6, 6.07) is 10.9. The molecule has 2 atom stereocenters. The second kappa shape index (κ2) is 2.33. The second-order valence-electron chi connectivity index (χ2n) is 4.24. The maximum absolute atomic E-state index is 5.98. The van der Waals surface area contributed by atoms with Crippen molar-refractivity contribution in [2.75, 3.05) is 0 Å². The molecule has 0 unspecified atom stereocenters. The van der Waals surface area contributed by atoms with Crippen LogP contribution in [0.4, 0.5) is 0 Å². The topological polar surface area (TPSA) is 26.0 Å². The fraction of sp³-hybridized carbons (Fsp3) is 0.455. The van der Waals surface area contributed by atoms with Crippen LogP contribution in [0.25, 0.3) is 0 Å². The molecule has 1 aromatic rings. The summed E-state index contributed by atoms with van der Waals surface area (Å²) in [5, 5.41) is 0. The first-order chi connectivity index (χ1) is 5.64. The third-order valence-corrected chi connectivity index (χ3v) is 3.07. The zero-order valence-electron chi connectivity index (χ0n) is 7.62. The van der Waals surface area contributed by atoms with Gasteiger partial charge in [-0.15, -0.1) is 0 Å². The molecule has 2 N–H and O–H groups in total. The van der Waals surface area contributed by atoms with E-state index >= 15 is 0 Å². The lowest BCUT2D eigenvalue weighted by Crippen LogP contribution is -2.06. The van der Waals surface area contributed by atoms with Crippen LogP contribution in [0.2, 0.25) is 0 Å². The molecule has 0 amide bonds. The number of rotatable bonds is 1. The van der Waals surface area contributed by atoms with E-state index in [0.29, 0.717) is 17.4 Å². The summed E-state index contributed by atoms with van der Waals surface area (Å²) in [6.45, 7) is 4.46. The van der Waals surface area contributed by atoms with Crippen molar-refractivity contribution in [3.05, 3.63) is 35.9 Å². The lowest BCUT2D eigenvalue weighted by molar-refractivity contribution is 0.599. The summed E-state index contributed by atoms with van der Waals surface area (Å²) in [6.07, 6.45) is 0. The van der Waals surface area contributed by atoms with Crippen LogP contribution in [0.15, 0.2) is 30.3 Å². The van der Waals surface area contributed by atoms with Gasteiger partial charge in [-0.25, -0.2) is 0 Å². The number of nitrogens with two attached hydrogens (primary N) is 1. The molecule has 64 valence electrons. The van der Waals surface area contributed by atoms with Gasteiger partial charge >= 0.3 is 0 Å². The minimum absolute atomic E-state index is 0.307. The Morgan fingerprint density at radius 2 is 1.67 bits per heavy atom. The van der Waals surface area contributed by atoms with Crippen molar-refractivity contribution in [3.8, 4) is 0 Å². The molecule has 1 saturated carbocycles. The first-order valence-electron chi connectivity index (χ1n) is 4.44. The molecule has 0 aliphatic heterocycles. The van der Waals surface area contributed by atoms with Gasteiger partial charge in [0.15, 0.2) is 0 Å². The molecule has 0 spiro atoms. The van der Waals surface area contributed by atoms with E-state index in [1.807, 2.05) is 6.07 Å². The summed E-state index contributed by atoms with van der Waals surface area (Å²) < 4.78 is 0. The Balaban J connectivity index is 2.25. The van der Waals surface area contributed by atoms with Gasteiger partial charge in [0.1, 0.15) is 0 Å². The van der Waals surface area contributed by atoms with Crippen molar-refractivity contribution in [2.24, 2.45) is 11.1 Å². The molecule has 1 heteroatoms. The summed E-state index contributed by atoms with van der Waals surface area (Å²) >= 11 is 0. The van der Waals surface area contributed by atoms with Gasteiger partial charge in [-0.3, -0.25) is 0 Å². The third kappa shape index (κ3) is 0.969. The number of benzene rings is 1. The molecule has 0 heterocycles. The van der Waals surface area contributed by atoms with Gasteiger partial charge < -0.3 is 5.73 Å². The predicted molar refractivity (Wildman–Crippen MR) is 50.9 cm³/mol. The van der Waals surface area contributed by atoms with Crippen LogP contribution in [0, 0.1) is 5.41 Å². The van der Waals surface area contributed by atoms with Crippen LogP contribution in [0.3, 0.4) is 0 Å². The van der Waals surface area contributed by atoms with Crippen molar-refractivity contribution >= 4 is 0 Å². The first-order valence-corrected chi connectivity index (χ1v) is 4.44. The Morgan fingerprint density at radius 3 is 2.08 bits per heavy atom. The van der Waals surface area contributed by atoms with E-state index in [0.717, 1.165) is 0 Å². The minimum Gasteiger partial charge on any atom is -0.327 e. The molecule has 1 aliphatic carbocycles. The van der Waals surface area contributed by atoms with Gasteiger partial charge in [0, 0.05) is 12.0 Å². The van der Waals surface area contributed by atoms with E-state index in [1.54, 1.807) is 0 Å². The fourth-order valence-electron chi connectivity index (χ4n) is 1.97. The highest BCUT2D eigenvalue weighted by atomic mass is 14.8. The lowest BCUT2D eigenvalue weighted by Gasteiger charge is -2.01. The highest BCUT2D eigenvalue weighted by Gasteiger charge is 2.55. The Labute approximate surface area is 73.6 Å². The quantitative estimate of drug-likeness (QED) is 0.671. The zero-order chi connectivity index (χ0) is 8.77. The summed E-state index contributed by atoms with van der Waals surface area (Å²) in [4.78, 5) is 0. The molecule has 0 bridgehead atoms. The van der Waals surface area contributed by atoms with E-state index < -0.39 is 0 Å². The van der Waals surface area contributed by atoms with Gasteiger partial charge in [-0.2, -0.15) is 0 Å². The van der Waals surface area contributed by atoms with Crippen molar-refractivity contribution in [3.63, 3.8) is 0 Å². The van der Waals surface area contributed by atoms with Gasteiger partial charge in [-0.05, 0) is 11.0 Å². The van der Waals surface area contributed by atoms with Crippen LogP contribution in [0.5, 0.6) is 0 Å². The Morgan fingerprint density at radius 1 is 1.17 bits per heavy atom. The van der Waals surface area contributed by atoms with E-state index in [9.17, 15) is 0 Å². The lowest BCUT2D eigenvalue weighted by atomic mass is 10.0. The van der Waals surface area contributed by atoms with Crippen LogP contribution in [-0.4, -0.2) is 6.04 Å². The molecule has 0 radical (unpaired) electrons. The minimum atomic E-state index is 0.307. The molecule has 0 saturated heterocycles. The first kappa shape index (κ1) is 7.81. The van der Waals surface area contributed by atoms with Crippen LogP contribution < -0.4 is 5.73 Å². The van der Waals surface area contributed by atoms with Gasteiger partial charge in [0.05, 0.1) is 0 Å². The SMILES string of the molecule is CC1(C)[C@@H](N)[C@@H]1c1ccccc1. The van der Waals surface area contributed by atoms with Crippen molar-refractivity contribution < 1.29 is 0 Å². The fourth-order valence-corrected chi connectivity index (χ4v) is 1.97. The largest absolute Gasteiger partial charge is 0.327 e. The monoisotopic (exact) mass is 161 g/mol. The maximum Gasteiger partial charge on any atom is 0.0172 e. The second-order valence-corrected chi connectivity index (χ2v) is 4.24. The zero-order valence-corrected chi connectivity index (χ0v) is 7.62. The molecule has 1 aromatic carbocycles. The number of hydrogen-bond acceptors (Lipinski definition) is 1. The third-order valence-electron chi connectivity index (χ3n) is 3.07. The molecule has 1 nitrogen and oxygen atoms in total.